The van der Waals surface area contributed by atoms with Crippen molar-refractivity contribution in [1.82, 2.24) is 14.8 Å². The Morgan fingerprint density at radius 2 is 1.88 bits per heavy atom. The van der Waals surface area contributed by atoms with Crippen molar-refractivity contribution in [1.29, 1.82) is 5.26 Å². The zero-order valence-electron chi connectivity index (χ0n) is 14.1. The van der Waals surface area contributed by atoms with Crippen molar-refractivity contribution in [2.75, 3.05) is 31.2 Å². The van der Waals surface area contributed by atoms with Crippen LogP contribution in [0.25, 0.3) is 17.3 Å². The van der Waals surface area contributed by atoms with Gasteiger partial charge in [0.2, 0.25) is 5.95 Å². The first-order valence-electron chi connectivity index (χ1n) is 8.36. The molecular formula is C19H17N5O2. The summed E-state index contributed by atoms with van der Waals surface area (Å²) in [6.07, 6.45) is 3.24. The molecule has 0 N–H and O–H groups in total. The highest BCUT2D eigenvalue weighted by Gasteiger charge is 2.23. The van der Waals surface area contributed by atoms with E-state index in [2.05, 4.69) is 21.2 Å². The fourth-order valence-corrected chi connectivity index (χ4v) is 2.90. The van der Waals surface area contributed by atoms with Gasteiger partial charge in [0, 0.05) is 19.2 Å². The van der Waals surface area contributed by atoms with Crippen LogP contribution in [-0.4, -0.2) is 41.1 Å². The van der Waals surface area contributed by atoms with Crippen molar-refractivity contribution in [2.24, 2.45) is 0 Å². The van der Waals surface area contributed by atoms with Crippen LogP contribution in [0.1, 0.15) is 11.6 Å². The van der Waals surface area contributed by atoms with E-state index in [4.69, 9.17) is 9.15 Å². The van der Waals surface area contributed by atoms with Crippen LogP contribution in [0.5, 0.6) is 0 Å². The van der Waals surface area contributed by atoms with Crippen molar-refractivity contribution in [2.45, 2.75) is 0 Å². The lowest BCUT2D eigenvalue weighted by molar-refractivity contribution is 0.122. The number of aromatic nitrogens is 3. The van der Waals surface area contributed by atoms with Gasteiger partial charge in [-0.1, -0.05) is 18.2 Å². The quantitative estimate of drug-likeness (QED) is 0.675. The second-order valence-electron chi connectivity index (χ2n) is 5.78. The van der Waals surface area contributed by atoms with E-state index in [0.29, 0.717) is 36.3 Å². The molecule has 130 valence electrons. The van der Waals surface area contributed by atoms with Gasteiger partial charge in [0.1, 0.15) is 17.4 Å². The molecule has 0 radical (unpaired) electrons. The average Bonchev–Trinajstić information content (AvgIpc) is 3.37. The molecule has 0 amide bonds. The van der Waals surface area contributed by atoms with Gasteiger partial charge in [0.15, 0.2) is 5.82 Å². The summed E-state index contributed by atoms with van der Waals surface area (Å²) >= 11 is 0. The molecule has 26 heavy (non-hydrogen) atoms. The molecule has 7 nitrogen and oxygen atoms in total. The van der Waals surface area contributed by atoms with E-state index >= 15 is 0 Å². The van der Waals surface area contributed by atoms with Crippen LogP contribution in [0.3, 0.4) is 0 Å². The Hall–Kier alpha value is -3.37. The Morgan fingerprint density at radius 1 is 1.08 bits per heavy atom. The number of rotatable bonds is 4. The highest BCUT2D eigenvalue weighted by atomic mass is 16.5. The molecule has 3 heterocycles. The number of nitriles is 1. The van der Waals surface area contributed by atoms with Crippen LogP contribution in [0.15, 0.2) is 53.1 Å². The van der Waals surface area contributed by atoms with E-state index in [1.807, 2.05) is 34.9 Å². The van der Waals surface area contributed by atoms with Crippen LogP contribution in [-0.2, 0) is 4.74 Å². The van der Waals surface area contributed by atoms with Crippen LogP contribution < -0.4 is 4.90 Å². The third-order valence-electron chi connectivity index (χ3n) is 4.15. The topological polar surface area (TPSA) is 80.1 Å². The van der Waals surface area contributed by atoms with Gasteiger partial charge in [-0.15, -0.1) is 10.2 Å². The molecule has 0 bridgehead atoms. The van der Waals surface area contributed by atoms with Crippen LogP contribution in [0.2, 0.25) is 0 Å². The predicted molar refractivity (Wildman–Crippen MR) is 96.6 cm³/mol. The Bertz CT molecular complexity index is 932. The first-order valence-corrected chi connectivity index (χ1v) is 8.36. The number of para-hydroxylation sites is 1. The number of hydrogen-bond donors (Lipinski definition) is 0. The van der Waals surface area contributed by atoms with Crippen molar-refractivity contribution >= 4 is 17.6 Å². The van der Waals surface area contributed by atoms with E-state index in [1.165, 1.54) is 0 Å². The Kier molecular flexibility index (Phi) is 4.50. The number of morpholine rings is 1. The van der Waals surface area contributed by atoms with Crippen molar-refractivity contribution in [3.8, 4) is 11.8 Å². The maximum Gasteiger partial charge on any atom is 0.232 e. The van der Waals surface area contributed by atoms with Crippen LogP contribution >= 0.6 is 0 Å². The zero-order chi connectivity index (χ0) is 17.8. The van der Waals surface area contributed by atoms with Gasteiger partial charge >= 0.3 is 0 Å². The van der Waals surface area contributed by atoms with E-state index < -0.39 is 0 Å². The summed E-state index contributed by atoms with van der Waals surface area (Å²) in [6.45, 7) is 2.75. The van der Waals surface area contributed by atoms with Gasteiger partial charge < -0.3 is 14.1 Å². The van der Waals surface area contributed by atoms with Crippen LogP contribution in [0.4, 0.5) is 5.95 Å². The molecule has 1 aromatic carbocycles. The molecule has 0 atom stereocenters. The molecule has 0 unspecified atom stereocenters. The lowest BCUT2D eigenvalue weighted by atomic mass is 10.2. The van der Waals surface area contributed by atoms with Crippen LogP contribution in [0, 0.1) is 11.3 Å². The Balaban J connectivity index is 1.84. The third kappa shape index (κ3) is 3.10. The zero-order valence-corrected chi connectivity index (χ0v) is 14.1. The predicted octanol–water partition coefficient (Wildman–Crippen LogP) is 2.76. The van der Waals surface area contributed by atoms with Crippen molar-refractivity contribution < 1.29 is 9.15 Å². The summed E-state index contributed by atoms with van der Waals surface area (Å²) in [6, 6.07) is 15.6. The maximum absolute atomic E-state index is 9.69. The molecule has 1 aliphatic heterocycles. The van der Waals surface area contributed by atoms with Gasteiger partial charge in [0.25, 0.3) is 0 Å². The number of nitrogens with zero attached hydrogens (tertiary/aromatic N) is 5. The molecule has 7 heteroatoms. The number of anilines is 1. The van der Waals surface area contributed by atoms with Crippen molar-refractivity contribution in [3.05, 3.63) is 60.3 Å². The lowest BCUT2D eigenvalue weighted by Crippen LogP contribution is -2.38. The lowest BCUT2D eigenvalue weighted by Gasteiger charge is -2.28. The molecule has 1 aliphatic rings. The van der Waals surface area contributed by atoms with Gasteiger partial charge in [-0.2, -0.15) is 5.26 Å². The normalized spacial score (nSPS) is 15.0. The first kappa shape index (κ1) is 16.1. The number of ether oxygens (including phenoxy) is 1. The fraction of sp³-hybridized carbons (Fsp3) is 0.211. The van der Waals surface area contributed by atoms with Gasteiger partial charge in [-0.25, -0.2) is 0 Å². The molecule has 0 spiro atoms. The molecule has 0 aliphatic carbocycles. The molecule has 0 saturated carbocycles. The molecule has 3 aromatic rings. The standard InChI is InChI=1S/C19H17N5O2/c20-14-15(13-17-7-4-10-26-17)18-21-22-19(23-8-11-25-12-9-23)24(18)16-5-2-1-3-6-16/h1-7,10,13H,8-9,11-12H2. The Morgan fingerprint density at radius 3 is 2.58 bits per heavy atom. The number of allylic oxidation sites excluding steroid dienone is 1. The molecule has 2 aromatic heterocycles. The summed E-state index contributed by atoms with van der Waals surface area (Å²) in [5, 5.41) is 18.4. The average molecular weight is 347 g/mol. The van der Waals surface area contributed by atoms with Gasteiger partial charge in [0.05, 0.1) is 25.2 Å². The molecule has 1 fully saturated rings. The summed E-state index contributed by atoms with van der Waals surface area (Å²) in [7, 11) is 0. The summed E-state index contributed by atoms with van der Waals surface area (Å²) < 4.78 is 12.7. The Labute approximate surface area is 150 Å². The summed E-state index contributed by atoms with van der Waals surface area (Å²) in [4.78, 5) is 2.12. The smallest absolute Gasteiger partial charge is 0.232 e. The van der Waals surface area contributed by atoms with Crippen molar-refractivity contribution in [3.63, 3.8) is 0 Å². The highest BCUT2D eigenvalue weighted by molar-refractivity contribution is 5.87. The molecule has 4 rings (SSSR count). The molecule has 1 saturated heterocycles. The SMILES string of the molecule is N#CC(=Cc1ccco1)c1nnc(N2CCOCC2)n1-c1ccccc1. The minimum Gasteiger partial charge on any atom is -0.465 e. The van der Waals surface area contributed by atoms with Gasteiger partial charge in [-0.3, -0.25) is 4.57 Å². The minimum atomic E-state index is 0.385. The fourth-order valence-electron chi connectivity index (χ4n) is 2.90. The summed E-state index contributed by atoms with van der Waals surface area (Å²) in [5.74, 6) is 1.78. The monoisotopic (exact) mass is 347 g/mol. The third-order valence-corrected chi connectivity index (χ3v) is 4.15. The summed E-state index contributed by atoms with van der Waals surface area (Å²) in [5.41, 5.74) is 1.28. The largest absolute Gasteiger partial charge is 0.465 e. The second-order valence-corrected chi connectivity index (χ2v) is 5.78. The van der Waals surface area contributed by atoms with E-state index in [0.717, 1.165) is 18.8 Å². The van der Waals surface area contributed by atoms with E-state index in [9.17, 15) is 5.26 Å². The van der Waals surface area contributed by atoms with E-state index in [-0.39, 0.29) is 0 Å². The second kappa shape index (κ2) is 7.25. The maximum atomic E-state index is 9.69. The number of benzene rings is 1. The molecular weight excluding hydrogens is 330 g/mol. The van der Waals surface area contributed by atoms with Gasteiger partial charge in [-0.05, 0) is 24.3 Å². The number of hydrogen-bond acceptors (Lipinski definition) is 6. The number of furan rings is 1. The minimum absolute atomic E-state index is 0.385. The van der Waals surface area contributed by atoms with E-state index in [1.54, 1.807) is 24.5 Å². The first-order chi connectivity index (χ1) is 12.9. The highest BCUT2D eigenvalue weighted by Crippen LogP contribution is 2.26.